The molecule has 2 aliphatic heterocycles. The van der Waals surface area contributed by atoms with E-state index in [1.165, 1.54) is 0 Å². The quantitative estimate of drug-likeness (QED) is 0.613. The number of anilines is 1. The molecule has 0 bridgehead atoms. The van der Waals surface area contributed by atoms with E-state index in [9.17, 15) is 4.79 Å². The molecule has 2 saturated heterocycles. The maximum Gasteiger partial charge on any atom is 0.410 e. The predicted molar refractivity (Wildman–Crippen MR) is 131 cm³/mol. The Morgan fingerprint density at radius 2 is 1.69 bits per heavy atom. The van der Waals surface area contributed by atoms with Gasteiger partial charge in [-0.05, 0) is 64.5 Å². The zero-order chi connectivity index (χ0) is 23.7. The molecule has 0 atom stereocenters. The van der Waals surface area contributed by atoms with Crippen molar-refractivity contribution in [3.8, 4) is 0 Å². The molecule has 3 rings (SSSR count). The molecule has 2 fully saturated rings. The van der Waals surface area contributed by atoms with E-state index in [0.717, 1.165) is 37.3 Å². The van der Waals surface area contributed by atoms with Gasteiger partial charge >= 0.3 is 6.09 Å². The average Bonchev–Trinajstić information content (AvgIpc) is 2.64. The van der Waals surface area contributed by atoms with Gasteiger partial charge in [0, 0.05) is 32.1 Å². The van der Waals surface area contributed by atoms with Crippen molar-refractivity contribution in [1.82, 2.24) is 15.1 Å². The van der Waals surface area contributed by atoms with Gasteiger partial charge in [-0.2, -0.15) is 10.2 Å². The molecule has 0 aliphatic carbocycles. The summed E-state index contributed by atoms with van der Waals surface area (Å²) in [5.74, 6) is 0.778. The highest BCUT2D eigenvalue weighted by atomic mass is 28.2. The molecule has 1 amide bonds. The summed E-state index contributed by atoms with van der Waals surface area (Å²) in [5, 5.41) is 8.94. The monoisotopic (exact) mass is 462 g/mol. The van der Waals surface area contributed by atoms with Crippen molar-refractivity contribution in [2.24, 2.45) is 5.92 Å². The van der Waals surface area contributed by atoms with Gasteiger partial charge in [-0.3, -0.25) is 0 Å². The Balaban J connectivity index is 1.58. The van der Waals surface area contributed by atoms with E-state index in [2.05, 4.69) is 55.8 Å². The number of likely N-dealkylation sites (tertiary alicyclic amines) is 1. The Labute approximate surface area is 196 Å². The summed E-state index contributed by atoms with van der Waals surface area (Å²) in [6, 6.07) is 2.08. The smallest absolute Gasteiger partial charge is 0.410 e. The molecule has 2 aliphatic rings. The van der Waals surface area contributed by atoms with Crippen LogP contribution in [0, 0.1) is 5.92 Å². The van der Waals surface area contributed by atoms with E-state index < -0.39 is 15.4 Å². The third-order valence-corrected chi connectivity index (χ3v) is 8.10. The Hall–Kier alpha value is -1.67. The van der Waals surface area contributed by atoms with E-state index in [1.54, 1.807) is 11.1 Å². The molecule has 8 heteroatoms. The second-order valence-corrected chi connectivity index (χ2v) is 14.8. The molecular formula is C24H42N4O3Si. The lowest BCUT2D eigenvalue weighted by Gasteiger charge is -2.44. The summed E-state index contributed by atoms with van der Waals surface area (Å²) >= 11 is 0. The molecule has 1 aromatic rings. The highest BCUT2D eigenvalue weighted by Gasteiger charge is 2.39. The number of rotatable bonds is 5. The lowest BCUT2D eigenvalue weighted by Crippen LogP contribution is -2.51. The molecule has 0 spiro atoms. The minimum atomic E-state index is -0.573. The van der Waals surface area contributed by atoms with Crippen LogP contribution in [0.4, 0.5) is 10.5 Å². The zero-order valence-corrected chi connectivity index (χ0v) is 22.7. The Bertz CT molecular complexity index is 789. The van der Waals surface area contributed by atoms with Gasteiger partial charge in [0.1, 0.15) is 5.60 Å². The average molecular weight is 463 g/mol. The number of amides is 1. The van der Waals surface area contributed by atoms with E-state index in [1.807, 2.05) is 20.8 Å². The summed E-state index contributed by atoms with van der Waals surface area (Å²) < 4.78 is 12.0. The molecule has 32 heavy (non-hydrogen) atoms. The lowest BCUT2D eigenvalue weighted by atomic mass is 9.83. The molecule has 1 aromatic heterocycles. The van der Waals surface area contributed by atoms with Gasteiger partial charge in [0.05, 0.1) is 23.2 Å². The Kier molecular flexibility index (Phi) is 7.25. The molecule has 7 nitrogen and oxygen atoms in total. The van der Waals surface area contributed by atoms with E-state index >= 15 is 0 Å². The molecule has 0 saturated carbocycles. The van der Waals surface area contributed by atoms with Crippen molar-refractivity contribution >= 4 is 21.5 Å². The van der Waals surface area contributed by atoms with Crippen molar-refractivity contribution in [1.29, 1.82) is 0 Å². The predicted octanol–water partition coefficient (Wildman–Crippen LogP) is 4.12. The van der Waals surface area contributed by atoms with Crippen LogP contribution in [0.5, 0.6) is 0 Å². The Morgan fingerprint density at radius 3 is 2.25 bits per heavy atom. The minimum Gasteiger partial charge on any atom is -0.444 e. The van der Waals surface area contributed by atoms with Crippen LogP contribution in [0.3, 0.4) is 0 Å². The van der Waals surface area contributed by atoms with Crippen LogP contribution in [-0.2, 0) is 9.16 Å². The van der Waals surface area contributed by atoms with Crippen LogP contribution in [0.1, 0.15) is 79.8 Å². The molecule has 180 valence electrons. The summed E-state index contributed by atoms with van der Waals surface area (Å²) in [7, 11) is -0.573. The van der Waals surface area contributed by atoms with Crippen molar-refractivity contribution in [3.05, 3.63) is 18.0 Å². The van der Waals surface area contributed by atoms with Crippen LogP contribution in [0.2, 0.25) is 5.04 Å². The third-order valence-electron chi connectivity index (χ3n) is 6.34. The van der Waals surface area contributed by atoms with Crippen molar-refractivity contribution in [2.75, 3.05) is 31.1 Å². The first-order valence-electron chi connectivity index (χ1n) is 11.9. The topological polar surface area (TPSA) is 67.8 Å². The summed E-state index contributed by atoms with van der Waals surface area (Å²) in [6.07, 6.45) is 3.75. The van der Waals surface area contributed by atoms with Gasteiger partial charge in [-0.1, -0.05) is 20.8 Å². The van der Waals surface area contributed by atoms with Gasteiger partial charge in [0.2, 0.25) is 0 Å². The number of aromatic nitrogens is 2. The maximum atomic E-state index is 12.3. The summed E-state index contributed by atoms with van der Waals surface area (Å²) in [4.78, 5) is 16.5. The van der Waals surface area contributed by atoms with Gasteiger partial charge in [-0.15, -0.1) is 0 Å². The maximum absolute atomic E-state index is 12.3. The third kappa shape index (κ3) is 6.44. The van der Waals surface area contributed by atoms with Crippen molar-refractivity contribution in [3.63, 3.8) is 0 Å². The van der Waals surface area contributed by atoms with E-state index in [0.29, 0.717) is 24.0 Å². The van der Waals surface area contributed by atoms with E-state index in [4.69, 9.17) is 9.16 Å². The van der Waals surface area contributed by atoms with Gasteiger partial charge in [0.15, 0.2) is 9.76 Å². The number of ether oxygens (including phenoxy) is 1. The van der Waals surface area contributed by atoms with Crippen molar-refractivity contribution < 1.29 is 14.0 Å². The summed E-state index contributed by atoms with van der Waals surface area (Å²) in [5.41, 5.74) is 1.63. The fraction of sp³-hybridized carbons (Fsp3) is 0.792. The van der Waals surface area contributed by atoms with Crippen LogP contribution in [0.25, 0.3) is 0 Å². The van der Waals surface area contributed by atoms with Gasteiger partial charge < -0.3 is 19.0 Å². The number of hydrogen-bond acceptors (Lipinski definition) is 6. The summed E-state index contributed by atoms with van der Waals surface area (Å²) in [6.45, 7) is 20.3. The minimum absolute atomic E-state index is 0.0627. The normalized spacial score (nSPS) is 19.5. The molecule has 0 unspecified atom stereocenters. The zero-order valence-electron chi connectivity index (χ0n) is 21.3. The first-order valence-corrected chi connectivity index (χ1v) is 13.2. The lowest BCUT2D eigenvalue weighted by molar-refractivity contribution is 0.00782. The standard InChI is InChI=1S/C24H42N4O3Si/c1-22(2,3)30-21(29)28-15-17(16-28)20-19(9-12-25-26-20)27-13-10-18(11-14-27)24(7,8)31-32-23(4,5)6/h9,12,17-18H,10-11,13-16,32H2,1-8H3. The molecular weight excluding hydrogens is 420 g/mol. The first kappa shape index (κ1) is 25.0. The first-order chi connectivity index (χ1) is 14.8. The number of piperidine rings is 1. The van der Waals surface area contributed by atoms with Crippen LogP contribution in [0.15, 0.2) is 12.3 Å². The number of hydrogen-bond donors (Lipinski definition) is 0. The number of carbonyl (C=O) groups excluding carboxylic acids is 1. The Morgan fingerprint density at radius 1 is 1.06 bits per heavy atom. The molecule has 0 radical (unpaired) electrons. The molecule has 0 N–H and O–H groups in total. The van der Waals surface area contributed by atoms with Gasteiger partial charge in [-0.25, -0.2) is 4.79 Å². The molecule has 0 aromatic carbocycles. The second kappa shape index (κ2) is 9.29. The van der Waals surface area contributed by atoms with Gasteiger partial charge in [0.25, 0.3) is 0 Å². The van der Waals surface area contributed by atoms with E-state index in [-0.39, 0.29) is 17.6 Å². The fourth-order valence-electron chi connectivity index (χ4n) is 4.36. The molecule has 3 heterocycles. The number of carbonyl (C=O) groups is 1. The second-order valence-electron chi connectivity index (χ2n) is 12.1. The fourth-order valence-corrected chi connectivity index (χ4v) is 5.40. The highest BCUT2D eigenvalue weighted by Crippen LogP contribution is 2.37. The largest absolute Gasteiger partial charge is 0.444 e. The highest BCUT2D eigenvalue weighted by molar-refractivity contribution is 6.31. The van der Waals surface area contributed by atoms with Crippen LogP contribution < -0.4 is 4.90 Å². The number of nitrogens with zero attached hydrogens (tertiary/aromatic N) is 4. The SMILES string of the molecule is CC(C)(C)OC(=O)N1CC(c2nnccc2N2CCC(C(C)(C)O[SiH2]C(C)(C)C)CC2)C1. The van der Waals surface area contributed by atoms with Crippen LogP contribution >= 0.6 is 0 Å². The van der Waals surface area contributed by atoms with Crippen molar-refractivity contribution in [2.45, 2.75) is 90.4 Å². The van der Waals surface area contributed by atoms with Crippen LogP contribution in [-0.4, -0.2) is 68.3 Å².